The van der Waals surface area contributed by atoms with Gasteiger partial charge in [0.25, 0.3) is 15.6 Å². The van der Waals surface area contributed by atoms with Gasteiger partial charge in [0.1, 0.15) is 6.54 Å². The maximum Gasteiger partial charge on any atom is 0.346 e. The van der Waals surface area contributed by atoms with Gasteiger partial charge in [0, 0.05) is 10.0 Å². The SMILES string of the molecule is O=C(Cn1c(=O)n(S(=O)(=O)c2ccc(Cl)cc2)c(=O)c2ccc(Cl)cc21)Nc1ccc(C(=O)O)cc1C(=O)O. The second-order valence-electron chi connectivity index (χ2n) is 7.98. The van der Waals surface area contributed by atoms with Crippen molar-refractivity contribution in [2.24, 2.45) is 0 Å². The number of benzene rings is 3. The van der Waals surface area contributed by atoms with Crippen LogP contribution in [0.15, 0.2) is 75.1 Å². The molecule has 1 aromatic heterocycles. The molecule has 200 valence electrons. The Labute approximate surface area is 228 Å². The van der Waals surface area contributed by atoms with Crippen molar-refractivity contribution in [1.82, 2.24) is 8.54 Å². The second-order valence-corrected chi connectivity index (χ2v) is 10.6. The molecule has 15 heteroatoms. The van der Waals surface area contributed by atoms with E-state index in [1.54, 1.807) is 0 Å². The highest BCUT2D eigenvalue weighted by atomic mass is 35.5. The van der Waals surface area contributed by atoms with Crippen LogP contribution < -0.4 is 16.6 Å². The number of carbonyl (C=O) groups excluding carboxylic acids is 1. The number of fused-ring (bicyclic) bond motifs is 1. The molecule has 4 aromatic rings. The fourth-order valence-electron chi connectivity index (χ4n) is 3.69. The maximum absolute atomic E-state index is 13.4. The fourth-order valence-corrected chi connectivity index (χ4v) is 5.30. The first-order valence-corrected chi connectivity index (χ1v) is 12.9. The van der Waals surface area contributed by atoms with Gasteiger partial charge in [-0.2, -0.15) is 0 Å². The van der Waals surface area contributed by atoms with Crippen LogP contribution in [-0.2, 0) is 21.4 Å². The highest BCUT2D eigenvalue weighted by Crippen LogP contribution is 2.21. The van der Waals surface area contributed by atoms with Crippen LogP contribution in [0.2, 0.25) is 10.0 Å². The molecular formula is C24H15Cl2N3O9S. The summed E-state index contributed by atoms with van der Waals surface area (Å²) < 4.78 is 27.3. The van der Waals surface area contributed by atoms with Crippen LogP contribution >= 0.6 is 23.2 Å². The van der Waals surface area contributed by atoms with E-state index in [9.17, 15) is 37.5 Å². The van der Waals surface area contributed by atoms with Gasteiger partial charge in [-0.3, -0.25) is 14.2 Å². The van der Waals surface area contributed by atoms with Gasteiger partial charge in [0.15, 0.2) is 0 Å². The quantitative estimate of drug-likeness (QED) is 0.291. The van der Waals surface area contributed by atoms with Gasteiger partial charge in [0.05, 0.1) is 32.6 Å². The Morgan fingerprint density at radius 2 is 1.49 bits per heavy atom. The van der Waals surface area contributed by atoms with Gasteiger partial charge < -0.3 is 15.5 Å². The van der Waals surface area contributed by atoms with Gasteiger partial charge in [-0.25, -0.2) is 22.8 Å². The predicted molar refractivity (Wildman–Crippen MR) is 141 cm³/mol. The fraction of sp³-hybridized carbons (Fsp3) is 0.0417. The number of aromatic carboxylic acids is 2. The predicted octanol–water partition coefficient (Wildman–Crippen LogP) is 2.74. The molecule has 4 rings (SSSR count). The van der Waals surface area contributed by atoms with Crippen molar-refractivity contribution < 1.29 is 33.0 Å². The number of hydrogen-bond acceptors (Lipinski definition) is 7. The zero-order chi connectivity index (χ0) is 28.6. The van der Waals surface area contributed by atoms with E-state index in [1.807, 2.05) is 0 Å². The van der Waals surface area contributed by atoms with Crippen molar-refractivity contribution in [3.63, 3.8) is 0 Å². The minimum atomic E-state index is -4.75. The molecule has 3 N–H and O–H groups in total. The summed E-state index contributed by atoms with van der Waals surface area (Å²) in [7, 11) is -4.75. The third-order valence-corrected chi connectivity index (χ3v) is 7.65. The number of rotatable bonds is 7. The Bertz CT molecular complexity index is 1910. The number of carboxylic acids is 2. The highest BCUT2D eigenvalue weighted by Gasteiger charge is 2.26. The molecule has 0 aliphatic rings. The average Bonchev–Trinajstić information content (AvgIpc) is 2.86. The number of hydrogen-bond donors (Lipinski definition) is 3. The smallest absolute Gasteiger partial charge is 0.346 e. The third-order valence-electron chi connectivity index (χ3n) is 5.49. The number of carboxylic acid groups (broad SMARTS) is 2. The molecule has 0 aliphatic heterocycles. The minimum Gasteiger partial charge on any atom is -0.478 e. The molecule has 12 nitrogen and oxygen atoms in total. The normalized spacial score (nSPS) is 11.3. The third kappa shape index (κ3) is 5.27. The Hall–Kier alpha value is -4.46. The Morgan fingerprint density at radius 1 is 0.846 bits per heavy atom. The van der Waals surface area contributed by atoms with Crippen LogP contribution in [0, 0.1) is 0 Å². The van der Waals surface area contributed by atoms with Gasteiger partial charge in [-0.1, -0.05) is 23.2 Å². The second kappa shape index (κ2) is 10.4. The lowest BCUT2D eigenvalue weighted by atomic mass is 10.1. The molecule has 0 aliphatic carbocycles. The molecule has 1 heterocycles. The summed E-state index contributed by atoms with van der Waals surface area (Å²) >= 11 is 11.8. The van der Waals surface area contributed by atoms with E-state index in [2.05, 4.69) is 5.32 Å². The van der Waals surface area contributed by atoms with Crippen LogP contribution in [0.1, 0.15) is 20.7 Å². The Kier molecular flexibility index (Phi) is 7.33. The summed E-state index contributed by atoms with van der Waals surface area (Å²) in [5.74, 6) is -3.92. The number of carbonyl (C=O) groups is 3. The van der Waals surface area contributed by atoms with Crippen LogP contribution in [0.3, 0.4) is 0 Å². The topological polar surface area (TPSA) is 182 Å². The first kappa shape index (κ1) is 27.6. The molecule has 1 amide bonds. The first-order chi connectivity index (χ1) is 18.3. The van der Waals surface area contributed by atoms with E-state index < -0.39 is 56.1 Å². The number of amides is 1. The van der Waals surface area contributed by atoms with E-state index in [4.69, 9.17) is 28.3 Å². The molecular weight excluding hydrogens is 577 g/mol. The van der Waals surface area contributed by atoms with Crippen LogP contribution in [-0.4, -0.2) is 45.0 Å². The molecule has 0 saturated heterocycles. The van der Waals surface area contributed by atoms with E-state index in [1.165, 1.54) is 30.3 Å². The molecule has 0 bridgehead atoms. The van der Waals surface area contributed by atoms with Crippen molar-refractivity contribution in [2.45, 2.75) is 11.4 Å². The zero-order valence-electron chi connectivity index (χ0n) is 19.3. The summed E-state index contributed by atoms with van der Waals surface area (Å²) in [4.78, 5) is 61.9. The first-order valence-electron chi connectivity index (χ1n) is 10.7. The minimum absolute atomic E-state index is 0.00406. The standard InChI is InChI=1S/C24H15Cl2N3O9S/c25-13-2-5-15(6-3-13)39(37,38)29-21(31)16-7-4-14(26)10-19(16)28(24(29)36)11-20(30)27-18-8-1-12(22(32)33)9-17(18)23(34)35/h1-10H,11H2,(H,27,30)(H,32,33)(H,34,35). The summed E-state index contributed by atoms with van der Waals surface area (Å²) in [6.45, 7) is -0.869. The van der Waals surface area contributed by atoms with E-state index >= 15 is 0 Å². The van der Waals surface area contributed by atoms with Crippen molar-refractivity contribution in [3.05, 3.63) is 103 Å². The van der Waals surface area contributed by atoms with Crippen molar-refractivity contribution in [3.8, 4) is 0 Å². The molecule has 0 spiro atoms. The van der Waals surface area contributed by atoms with E-state index in [0.717, 1.165) is 30.3 Å². The number of anilines is 1. The maximum atomic E-state index is 13.4. The molecule has 3 aromatic carbocycles. The van der Waals surface area contributed by atoms with E-state index in [0.29, 0.717) is 4.57 Å². The van der Waals surface area contributed by atoms with Crippen molar-refractivity contribution in [2.75, 3.05) is 5.32 Å². The number of aromatic nitrogens is 2. The number of nitrogens with one attached hydrogen (secondary N) is 1. The monoisotopic (exact) mass is 591 g/mol. The van der Waals surface area contributed by atoms with Crippen LogP contribution in [0.25, 0.3) is 10.9 Å². The summed E-state index contributed by atoms with van der Waals surface area (Å²) in [5.41, 5.74) is -3.90. The van der Waals surface area contributed by atoms with Crippen molar-refractivity contribution in [1.29, 1.82) is 0 Å². The summed E-state index contributed by atoms with van der Waals surface area (Å²) in [5, 5.41) is 20.9. The Morgan fingerprint density at radius 3 is 2.10 bits per heavy atom. The van der Waals surface area contributed by atoms with Gasteiger partial charge in [0.2, 0.25) is 5.91 Å². The zero-order valence-corrected chi connectivity index (χ0v) is 21.6. The Balaban J connectivity index is 1.86. The largest absolute Gasteiger partial charge is 0.478 e. The lowest BCUT2D eigenvalue weighted by molar-refractivity contribution is -0.116. The van der Waals surface area contributed by atoms with Crippen molar-refractivity contribution >= 4 is 67.7 Å². The lowest BCUT2D eigenvalue weighted by Gasteiger charge is -2.15. The van der Waals surface area contributed by atoms with Crippen LogP contribution in [0.4, 0.5) is 5.69 Å². The molecule has 0 saturated carbocycles. The highest BCUT2D eigenvalue weighted by molar-refractivity contribution is 7.90. The summed E-state index contributed by atoms with van der Waals surface area (Å²) in [6.07, 6.45) is 0. The summed E-state index contributed by atoms with van der Waals surface area (Å²) in [6, 6.07) is 11.3. The lowest BCUT2D eigenvalue weighted by Crippen LogP contribution is -2.45. The van der Waals surface area contributed by atoms with Gasteiger partial charge >= 0.3 is 17.6 Å². The molecule has 0 unspecified atom stereocenters. The molecule has 39 heavy (non-hydrogen) atoms. The average molecular weight is 592 g/mol. The number of nitrogens with zero attached hydrogens (tertiary/aromatic N) is 2. The van der Waals surface area contributed by atoms with Gasteiger partial charge in [-0.15, -0.1) is 3.97 Å². The molecule has 0 atom stereocenters. The number of halogens is 2. The molecule has 0 fully saturated rings. The van der Waals surface area contributed by atoms with Gasteiger partial charge in [-0.05, 0) is 60.7 Å². The van der Waals surface area contributed by atoms with E-state index in [-0.39, 0.29) is 36.2 Å². The molecule has 0 radical (unpaired) electrons. The van der Waals surface area contributed by atoms with Crippen LogP contribution in [0.5, 0.6) is 0 Å².